The van der Waals surface area contributed by atoms with E-state index < -0.39 is 5.82 Å². The van der Waals surface area contributed by atoms with E-state index in [4.69, 9.17) is 0 Å². The summed E-state index contributed by atoms with van der Waals surface area (Å²) in [5.41, 5.74) is 1.72. The lowest BCUT2D eigenvalue weighted by atomic mass is 9.97. The third kappa shape index (κ3) is 3.09. The van der Waals surface area contributed by atoms with Crippen LogP contribution in [0.3, 0.4) is 0 Å². The minimum Gasteiger partial charge on any atom is -0.507 e. The summed E-state index contributed by atoms with van der Waals surface area (Å²) < 4.78 is 12.8. The molecule has 0 aliphatic carbocycles. The van der Waals surface area contributed by atoms with Crippen LogP contribution in [-0.2, 0) is 0 Å². The minimum absolute atomic E-state index is 0.0136. The number of hydrogen-bond acceptors (Lipinski definition) is 1. The number of halogens is 1. The van der Waals surface area contributed by atoms with Gasteiger partial charge in [0.2, 0.25) is 0 Å². The third-order valence-corrected chi connectivity index (χ3v) is 2.92. The van der Waals surface area contributed by atoms with Crippen LogP contribution < -0.4 is 0 Å². The first kappa shape index (κ1) is 12.8. The van der Waals surface area contributed by atoms with Crippen LogP contribution in [-0.4, -0.2) is 5.11 Å². The van der Waals surface area contributed by atoms with E-state index in [-0.39, 0.29) is 5.75 Å². The van der Waals surface area contributed by atoms with Crippen LogP contribution in [0.1, 0.15) is 39.2 Å². The van der Waals surface area contributed by atoms with Crippen molar-refractivity contribution in [3.05, 3.63) is 35.7 Å². The molecule has 0 heterocycles. The summed E-state index contributed by atoms with van der Waals surface area (Å²) in [6, 6.07) is 4.15. The summed E-state index contributed by atoms with van der Waals surface area (Å²) in [5.74, 6) is 0.126. The summed E-state index contributed by atoms with van der Waals surface area (Å²) in [6.45, 7) is 6.23. The molecular weight excluding hydrogens is 203 g/mol. The highest BCUT2D eigenvalue weighted by Gasteiger charge is 2.06. The van der Waals surface area contributed by atoms with Crippen LogP contribution in [0.15, 0.2) is 24.3 Å². The summed E-state index contributed by atoms with van der Waals surface area (Å²) in [4.78, 5) is 0. The first-order chi connectivity index (χ1) is 7.58. The molecule has 1 rings (SSSR count). The highest BCUT2D eigenvalue weighted by atomic mass is 19.1. The second-order valence-electron chi connectivity index (χ2n) is 4.09. The van der Waals surface area contributed by atoms with Gasteiger partial charge in [0.1, 0.15) is 11.6 Å². The van der Waals surface area contributed by atoms with Gasteiger partial charge in [-0.2, -0.15) is 0 Å². The normalized spacial score (nSPS) is 12.2. The lowest BCUT2D eigenvalue weighted by Crippen LogP contribution is -1.93. The van der Waals surface area contributed by atoms with E-state index in [0.29, 0.717) is 11.5 Å². The molecule has 0 amide bonds. The van der Waals surface area contributed by atoms with Crippen LogP contribution in [0.4, 0.5) is 4.39 Å². The number of hydrogen-bond donors (Lipinski definition) is 1. The summed E-state index contributed by atoms with van der Waals surface area (Å²) in [5, 5.41) is 9.64. The van der Waals surface area contributed by atoms with E-state index in [9.17, 15) is 9.50 Å². The fourth-order valence-electron chi connectivity index (χ4n) is 1.81. The Labute approximate surface area is 96.6 Å². The largest absolute Gasteiger partial charge is 0.507 e. The van der Waals surface area contributed by atoms with E-state index >= 15 is 0 Å². The Balaban J connectivity index is 2.99. The average molecular weight is 222 g/mol. The maximum atomic E-state index is 12.8. The fraction of sp³-hybridized carbons (Fsp3) is 0.429. The number of benzene rings is 1. The molecule has 0 fully saturated rings. The Kier molecular flexibility index (Phi) is 4.53. The van der Waals surface area contributed by atoms with Crippen molar-refractivity contribution in [3.63, 3.8) is 0 Å². The van der Waals surface area contributed by atoms with Crippen molar-refractivity contribution in [1.29, 1.82) is 0 Å². The van der Waals surface area contributed by atoms with Gasteiger partial charge < -0.3 is 5.11 Å². The number of allylic oxidation sites excluding steroid dienone is 2. The van der Waals surface area contributed by atoms with Crippen LogP contribution in [0.5, 0.6) is 5.75 Å². The van der Waals surface area contributed by atoms with Gasteiger partial charge in [-0.25, -0.2) is 4.39 Å². The molecule has 0 atom stereocenters. The van der Waals surface area contributed by atoms with Gasteiger partial charge in [-0.15, -0.1) is 0 Å². The lowest BCUT2D eigenvalue weighted by Gasteiger charge is -2.10. The van der Waals surface area contributed by atoms with Crippen molar-refractivity contribution < 1.29 is 9.50 Å². The predicted molar refractivity (Wildman–Crippen MR) is 65.8 cm³/mol. The number of rotatable bonds is 4. The zero-order valence-corrected chi connectivity index (χ0v) is 10.1. The predicted octanol–water partition coefficient (Wildman–Crippen LogP) is 4.37. The van der Waals surface area contributed by atoms with Crippen molar-refractivity contribution >= 4 is 5.57 Å². The molecule has 0 saturated heterocycles. The average Bonchev–Trinajstić information content (AvgIpc) is 2.25. The van der Waals surface area contributed by atoms with Crippen molar-refractivity contribution in [3.8, 4) is 5.75 Å². The fourth-order valence-corrected chi connectivity index (χ4v) is 1.81. The van der Waals surface area contributed by atoms with E-state index in [0.717, 1.165) is 24.5 Å². The van der Waals surface area contributed by atoms with Gasteiger partial charge in [-0.1, -0.05) is 19.9 Å². The molecule has 0 bridgehead atoms. The molecule has 1 aromatic carbocycles. The second-order valence-corrected chi connectivity index (χ2v) is 4.09. The Morgan fingerprint density at radius 3 is 2.50 bits per heavy atom. The molecule has 2 heteroatoms. The molecule has 0 saturated carbocycles. The molecule has 0 spiro atoms. The van der Waals surface area contributed by atoms with Gasteiger partial charge in [0.25, 0.3) is 0 Å². The van der Waals surface area contributed by atoms with Gasteiger partial charge in [0.15, 0.2) is 0 Å². The maximum absolute atomic E-state index is 12.8. The summed E-state index contributed by atoms with van der Waals surface area (Å²) in [6.07, 6.45) is 4.30. The summed E-state index contributed by atoms with van der Waals surface area (Å²) in [7, 11) is 0. The zero-order chi connectivity index (χ0) is 12.1. The molecule has 0 aromatic heterocycles. The molecule has 88 valence electrons. The van der Waals surface area contributed by atoms with Gasteiger partial charge >= 0.3 is 0 Å². The topological polar surface area (TPSA) is 20.2 Å². The minimum atomic E-state index is -0.406. The lowest BCUT2D eigenvalue weighted by molar-refractivity contribution is 0.467. The quantitative estimate of drug-likeness (QED) is 0.802. The molecule has 16 heavy (non-hydrogen) atoms. The Bertz CT molecular complexity index is 378. The third-order valence-electron chi connectivity index (χ3n) is 2.92. The number of phenolic OH excluding ortho intramolecular Hbond substituents is 1. The van der Waals surface area contributed by atoms with Gasteiger partial charge in [-0.05, 0) is 43.4 Å². The van der Waals surface area contributed by atoms with Gasteiger partial charge in [0, 0.05) is 11.6 Å². The molecule has 0 aliphatic heterocycles. The first-order valence-corrected chi connectivity index (χ1v) is 5.75. The Morgan fingerprint density at radius 1 is 1.38 bits per heavy atom. The van der Waals surface area contributed by atoms with Crippen LogP contribution in [0, 0.1) is 11.7 Å². The van der Waals surface area contributed by atoms with Crippen molar-refractivity contribution in [2.75, 3.05) is 0 Å². The number of phenols is 1. The van der Waals surface area contributed by atoms with Crippen molar-refractivity contribution in [2.45, 2.75) is 33.6 Å². The number of aromatic hydroxyl groups is 1. The molecule has 0 radical (unpaired) electrons. The maximum Gasteiger partial charge on any atom is 0.126 e. The Hall–Kier alpha value is -1.31. The molecule has 1 N–H and O–H groups in total. The van der Waals surface area contributed by atoms with Crippen molar-refractivity contribution in [2.24, 2.45) is 5.92 Å². The van der Waals surface area contributed by atoms with Gasteiger partial charge in [0.05, 0.1) is 0 Å². The highest BCUT2D eigenvalue weighted by Crippen LogP contribution is 2.27. The monoisotopic (exact) mass is 222 g/mol. The van der Waals surface area contributed by atoms with Crippen LogP contribution in [0.25, 0.3) is 5.57 Å². The highest BCUT2D eigenvalue weighted by molar-refractivity contribution is 5.68. The van der Waals surface area contributed by atoms with Crippen molar-refractivity contribution in [1.82, 2.24) is 0 Å². The van der Waals surface area contributed by atoms with Gasteiger partial charge in [-0.3, -0.25) is 0 Å². The standard InChI is InChI=1S/C14H19FO/c1-4-11(5-2)8-10(3)13-7-6-12(15)9-14(13)16/h6-9,11,16H,4-5H2,1-3H3. The smallest absolute Gasteiger partial charge is 0.126 e. The Morgan fingerprint density at radius 2 is 2.00 bits per heavy atom. The van der Waals surface area contributed by atoms with E-state index in [2.05, 4.69) is 19.9 Å². The second kappa shape index (κ2) is 5.69. The molecule has 0 aliphatic rings. The molecule has 1 nitrogen and oxygen atoms in total. The first-order valence-electron chi connectivity index (χ1n) is 5.75. The van der Waals surface area contributed by atoms with E-state index in [1.54, 1.807) is 6.07 Å². The zero-order valence-electron chi connectivity index (χ0n) is 10.1. The summed E-state index contributed by atoms with van der Waals surface area (Å²) >= 11 is 0. The van der Waals surface area contributed by atoms with E-state index in [1.807, 2.05) is 6.92 Å². The molecule has 0 unspecified atom stereocenters. The molecule has 1 aromatic rings. The van der Waals surface area contributed by atoms with Crippen LogP contribution in [0.2, 0.25) is 0 Å². The van der Waals surface area contributed by atoms with E-state index in [1.165, 1.54) is 6.07 Å². The van der Waals surface area contributed by atoms with Crippen LogP contribution >= 0.6 is 0 Å². The molecular formula is C14H19FO. The SMILES string of the molecule is CCC(C=C(C)c1ccc(F)cc1O)CC.